The van der Waals surface area contributed by atoms with E-state index in [0.717, 1.165) is 32.5 Å². The molecule has 13 heavy (non-hydrogen) atoms. The zero-order valence-corrected chi connectivity index (χ0v) is 8.50. The minimum absolute atomic E-state index is 0.385. The van der Waals surface area contributed by atoms with Crippen molar-refractivity contribution in [1.29, 1.82) is 0 Å². The van der Waals surface area contributed by atoms with Gasteiger partial charge in [0.25, 0.3) is 0 Å². The van der Waals surface area contributed by atoms with Gasteiger partial charge in [-0.2, -0.15) is 0 Å². The Morgan fingerprint density at radius 3 is 2.54 bits per heavy atom. The molecule has 0 aromatic rings. The van der Waals surface area contributed by atoms with Crippen molar-refractivity contribution in [2.45, 2.75) is 24.9 Å². The summed E-state index contributed by atoms with van der Waals surface area (Å²) in [6.45, 7) is 5.49. The molecule has 3 nitrogen and oxygen atoms in total. The second-order valence-electron chi connectivity index (χ2n) is 4.66. The molecular formula is C10H20N2O. The molecule has 2 heterocycles. The Labute approximate surface area is 80.3 Å². The van der Waals surface area contributed by atoms with Crippen LogP contribution in [-0.2, 0) is 0 Å². The molecule has 2 fully saturated rings. The number of rotatable bonds is 3. The van der Waals surface area contributed by atoms with Crippen LogP contribution in [0.1, 0.15) is 19.3 Å². The fourth-order valence-electron chi connectivity index (χ4n) is 2.24. The number of β-amino-alcohol motifs (C(OH)–C–C–N with tert-alkyl or cyclic N) is 1. The Morgan fingerprint density at radius 1 is 1.31 bits per heavy atom. The monoisotopic (exact) mass is 184 g/mol. The van der Waals surface area contributed by atoms with Gasteiger partial charge in [0.1, 0.15) is 0 Å². The maximum Gasteiger partial charge on any atom is 0.0798 e. The van der Waals surface area contributed by atoms with E-state index >= 15 is 0 Å². The Morgan fingerprint density at radius 2 is 2.08 bits per heavy atom. The van der Waals surface area contributed by atoms with E-state index in [9.17, 15) is 5.11 Å². The molecule has 2 aliphatic heterocycles. The Bertz CT molecular complexity index is 182. The number of hydrogen-bond donors (Lipinski definition) is 1. The van der Waals surface area contributed by atoms with Gasteiger partial charge >= 0.3 is 0 Å². The molecule has 1 N–H and O–H groups in total. The SMILES string of the molecule is CN1CCC(O)(CCN2CCC2)C1. The number of aliphatic hydroxyl groups is 1. The Kier molecular flexibility index (Phi) is 2.58. The molecule has 0 aromatic carbocycles. The molecule has 2 aliphatic rings. The van der Waals surface area contributed by atoms with Crippen LogP contribution < -0.4 is 0 Å². The lowest BCUT2D eigenvalue weighted by molar-refractivity contribution is 0.0250. The van der Waals surface area contributed by atoms with Gasteiger partial charge < -0.3 is 14.9 Å². The van der Waals surface area contributed by atoms with E-state index in [0.29, 0.717) is 0 Å². The topological polar surface area (TPSA) is 26.7 Å². The lowest BCUT2D eigenvalue weighted by atomic mass is 9.98. The van der Waals surface area contributed by atoms with Crippen molar-refractivity contribution in [3.63, 3.8) is 0 Å². The summed E-state index contributed by atoms with van der Waals surface area (Å²) in [5.74, 6) is 0. The van der Waals surface area contributed by atoms with Gasteiger partial charge in [0.15, 0.2) is 0 Å². The van der Waals surface area contributed by atoms with Crippen LogP contribution in [0.3, 0.4) is 0 Å². The molecule has 76 valence electrons. The van der Waals surface area contributed by atoms with Gasteiger partial charge in [-0.25, -0.2) is 0 Å². The van der Waals surface area contributed by atoms with Gasteiger partial charge in [0.05, 0.1) is 5.60 Å². The highest BCUT2D eigenvalue weighted by atomic mass is 16.3. The van der Waals surface area contributed by atoms with E-state index in [1.807, 2.05) is 0 Å². The lowest BCUT2D eigenvalue weighted by Gasteiger charge is -2.33. The van der Waals surface area contributed by atoms with Crippen molar-refractivity contribution in [2.24, 2.45) is 0 Å². The Hall–Kier alpha value is -0.120. The first-order valence-corrected chi connectivity index (χ1v) is 5.31. The van der Waals surface area contributed by atoms with Crippen LogP contribution in [0.4, 0.5) is 0 Å². The first-order chi connectivity index (χ1) is 6.18. The van der Waals surface area contributed by atoms with Crippen molar-refractivity contribution < 1.29 is 5.11 Å². The number of nitrogens with zero attached hydrogens (tertiary/aromatic N) is 2. The molecule has 2 saturated heterocycles. The quantitative estimate of drug-likeness (QED) is 0.676. The average Bonchev–Trinajstić information content (AvgIpc) is 2.28. The summed E-state index contributed by atoms with van der Waals surface area (Å²) in [5, 5.41) is 10.2. The van der Waals surface area contributed by atoms with Gasteiger partial charge in [-0.05, 0) is 39.4 Å². The number of hydrogen-bond acceptors (Lipinski definition) is 3. The third-order valence-corrected chi connectivity index (χ3v) is 3.37. The van der Waals surface area contributed by atoms with Crippen molar-refractivity contribution in [2.75, 3.05) is 39.8 Å². The molecule has 0 bridgehead atoms. The zero-order chi connectivity index (χ0) is 9.31. The van der Waals surface area contributed by atoms with E-state index in [4.69, 9.17) is 0 Å². The summed E-state index contributed by atoms with van der Waals surface area (Å²) in [6.07, 6.45) is 3.26. The highest BCUT2D eigenvalue weighted by molar-refractivity contribution is 4.89. The molecule has 1 unspecified atom stereocenters. The molecule has 0 amide bonds. The summed E-state index contributed by atoms with van der Waals surface area (Å²) >= 11 is 0. The van der Waals surface area contributed by atoms with E-state index in [1.165, 1.54) is 19.5 Å². The largest absolute Gasteiger partial charge is 0.388 e. The summed E-state index contributed by atoms with van der Waals surface area (Å²) in [7, 11) is 2.08. The summed E-state index contributed by atoms with van der Waals surface area (Å²) < 4.78 is 0. The standard InChI is InChI=1S/C10H20N2O/c1-11-7-3-10(13,9-11)4-8-12-5-2-6-12/h13H,2-9H2,1H3. The summed E-state index contributed by atoms with van der Waals surface area (Å²) in [4.78, 5) is 4.65. The fourth-order valence-corrected chi connectivity index (χ4v) is 2.24. The van der Waals surface area contributed by atoms with Gasteiger partial charge in [-0.1, -0.05) is 0 Å². The normalized spacial score (nSPS) is 36.5. The van der Waals surface area contributed by atoms with Crippen LogP contribution >= 0.6 is 0 Å². The van der Waals surface area contributed by atoms with E-state index < -0.39 is 0 Å². The van der Waals surface area contributed by atoms with Crippen LogP contribution in [0.25, 0.3) is 0 Å². The third-order valence-electron chi connectivity index (χ3n) is 3.37. The highest BCUT2D eigenvalue weighted by Crippen LogP contribution is 2.24. The van der Waals surface area contributed by atoms with Crippen LogP contribution in [0, 0.1) is 0 Å². The average molecular weight is 184 g/mol. The number of likely N-dealkylation sites (N-methyl/N-ethyl adjacent to an activating group) is 1. The van der Waals surface area contributed by atoms with Crippen molar-refractivity contribution in [1.82, 2.24) is 9.80 Å². The van der Waals surface area contributed by atoms with Crippen molar-refractivity contribution >= 4 is 0 Å². The molecule has 0 radical (unpaired) electrons. The summed E-state index contributed by atoms with van der Waals surface area (Å²) in [6, 6.07) is 0. The minimum Gasteiger partial charge on any atom is -0.388 e. The second kappa shape index (κ2) is 3.56. The molecular weight excluding hydrogens is 164 g/mol. The molecule has 0 aliphatic carbocycles. The molecule has 3 heteroatoms. The molecule has 0 saturated carbocycles. The highest BCUT2D eigenvalue weighted by Gasteiger charge is 2.34. The van der Waals surface area contributed by atoms with Gasteiger partial charge in [0.2, 0.25) is 0 Å². The minimum atomic E-state index is -0.385. The Balaban J connectivity index is 1.73. The zero-order valence-electron chi connectivity index (χ0n) is 8.50. The van der Waals surface area contributed by atoms with E-state index in [-0.39, 0.29) is 5.60 Å². The van der Waals surface area contributed by atoms with Crippen LogP contribution in [0.2, 0.25) is 0 Å². The second-order valence-corrected chi connectivity index (χ2v) is 4.66. The van der Waals surface area contributed by atoms with Crippen LogP contribution in [0.5, 0.6) is 0 Å². The third kappa shape index (κ3) is 2.22. The van der Waals surface area contributed by atoms with Gasteiger partial charge in [-0.15, -0.1) is 0 Å². The maximum atomic E-state index is 10.2. The van der Waals surface area contributed by atoms with Crippen LogP contribution in [-0.4, -0.2) is 60.3 Å². The van der Waals surface area contributed by atoms with Crippen molar-refractivity contribution in [3.8, 4) is 0 Å². The van der Waals surface area contributed by atoms with Gasteiger partial charge in [-0.3, -0.25) is 0 Å². The van der Waals surface area contributed by atoms with E-state index in [2.05, 4.69) is 16.8 Å². The van der Waals surface area contributed by atoms with Crippen LogP contribution in [0.15, 0.2) is 0 Å². The van der Waals surface area contributed by atoms with Gasteiger partial charge in [0, 0.05) is 19.6 Å². The predicted octanol–water partition coefficient (Wildman–Crippen LogP) is 0.149. The first-order valence-electron chi connectivity index (χ1n) is 5.31. The summed E-state index contributed by atoms with van der Waals surface area (Å²) in [5.41, 5.74) is -0.385. The van der Waals surface area contributed by atoms with E-state index in [1.54, 1.807) is 0 Å². The molecule has 0 aromatic heterocycles. The lowest BCUT2D eigenvalue weighted by Crippen LogP contribution is -2.42. The molecule has 1 atom stereocenters. The molecule has 0 spiro atoms. The number of likely N-dealkylation sites (tertiary alicyclic amines) is 2. The maximum absolute atomic E-state index is 10.2. The smallest absolute Gasteiger partial charge is 0.0798 e. The molecule has 2 rings (SSSR count). The predicted molar refractivity (Wildman–Crippen MR) is 52.7 cm³/mol. The fraction of sp³-hybridized carbons (Fsp3) is 1.00. The van der Waals surface area contributed by atoms with Crippen molar-refractivity contribution in [3.05, 3.63) is 0 Å². The first kappa shape index (κ1) is 9.44.